The van der Waals surface area contributed by atoms with Gasteiger partial charge in [0.2, 0.25) is 0 Å². The first-order chi connectivity index (χ1) is 17.0. The van der Waals surface area contributed by atoms with Gasteiger partial charge in [0.15, 0.2) is 0 Å². The molecule has 1 aromatic heterocycles. The number of nitrogens with zero attached hydrogens (tertiary/aromatic N) is 3. The minimum atomic E-state index is -0.176. The van der Waals surface area contributed by atoms with Crippen LogP contribution in [0.5, 0.6) is 0 Å². The zero-order valence-corrected chi connectivity index (χ0v) is 20.3. The number of aryl methyl sites for hydroxylation is 1. The molecule has 0 spiro atoms. The van der Waals surface area contributed by atoms with Crippen molar-refractivity contribution in [2.75, 3.05) is 23.0 Å². The Labute approximate surface area is 208 Å². The zero-order valence-electron chi connectivity index (χ0n) is 19.5. The standard InChI is InChI=1S/C28H24N4O2S/c1-18-29-17-20-15-16-32(24-9-5-3-7-22(24)26(20)30-18)28(34)19-11-13-21(14-12-19)31-27(33)23-8-4-6-10-25(23)35-2/h3-14,17H,15-16H2,1-2H3,(H,31,33). The molecule has 0 radical (unpaired) electrons. The molecular weight excluding hydrogens is 456 g/mol. The van der Waals surface area contributed by atoms with E-state index < -0.39 is 0 Å². The molecule has 5 rings (SSSR count). The molecule has 3 aromatic carbocycles. The highest BCUT2D eigenvalue weighted by Gasteiger charge is 2.26. The second kappa shape index (κ2) is 9.72. The smallest absolute Gasteiger partial charge is 0.258 e. The van der Waals surface area contributed by atoms with Gasteiger partial charge in [-0.1, -0.05) is 30.3 Å². The van der Waals surface area contributed by atoms with E-state index in [1.54, 1.807) is 35.2 Å². The van der Waals surface area contributed by atoms with Gasteiger partial charge in [0.1, 0.15) is 5.82 Å². The van der Waals surface area contributed by atoms with Crippen LogP contribution in [0.3, 0.4) is 0 Å². The summed E-state index contributed by atoms with van der Waals surface area (Å²) < 4.78 is 0. The highest BCUT2D eigenvalue weighted by atomic mass is 32.2. The molecule has 0 fully saturated rings. The number of amides is 2. The summed E-state index contributed by atoms with van der Waals surface area (Å²) >= 11 is 1.53. The number of para-hydroxylation sites is 1. The number of carbonyl (C=O) groups excluding carboxylic acids is 2. The minimum Gasteiger partial charge on any atom is -0.322 e. The van der Waals surface area contributed by atoms with E-state index in [9.17, 15) is 9.59 Å². The van der Waals surface area contributed by atoms with Crippen LogP contribution in [0.25, 0.3) is 11.3 Å². The molecule has 6 nitrogen and oxygen atoms in total. The van der Waals surface area contributed by atoms with Gasteiger partial charge in [0.25, 0.3) is 11.8 Å². The largest absolute Gasteiger partial charge is 0.322 e. The summed E-state index contributed by atoms with van der Waals surface area (Å²) in [6.07, 6.45) is 4.47. The Morgan fingerprint density at radius 3 is 2.51 bits per heavy atom. The number of hydrogen-bond donors (Lipinski definition) is 1. The third-order valence-corrected chi connectivity index (χ3v) is 6.82. The summed E-state index contributed by atoms with van der Waals surface area (Å²) in [6, 6.07) is 22.4. The first-order valence-corrected chi connectivity index (χ1v) is 12.6. The van der Waals surface area contributed by atoms with Crippen LogP contribution in [0, 0.1) is 6.92 Å². The van der Waals surface area contributed by atoms with Crippen molar-refractivity contribution in [2.24, 2.45) is 0 Å². The van der Waals surface area contributed by atoms with Gasteiger partial charge in [-0.15, -0.1) is 11.8 Å². The maximum Gasteiger partial charge on any atom is 0.258 e. The van der Waals surface area contributed by atoms with Crippen molar-refractivity contribution in [1.29, 1.82) is 0 Å². The maximum atomic E-state index is 13.6. The highest BCUT2D eigenvalue weighted by molar-refractivity contribution is 7.98. The fraction of sp³-hybridized carbons (Fsp3) is 0.143. The average molecular weight is 481 g/mol. The second-order valence-electron chi connectivity index (χ2n) is 8.25. The number of benzene rings is 3. The van der Waals surface area contributed by atoms with E-state index in [2.05, 4.69) is 15.3 Å². The van der Waals surface area contributed by atoms with Gasteiger partial charge >= 0.3 is 0 Å². The molecule has 4 aromatic rings. The minimum absolute atomic E-state index is 0.0967. The van der Waals surface area contributed by atoms with Crippen LogP contribution in [-0.2, 0) is 6.42 Å². The molecule has 2 amide bonds. The van der Waals surface area contributed by atoms with Crippen LogP contribution in [-0.4, -0.2) is 34.6 Å². The number of nitrogens with one attached hydrogen (secondary N) is 1. The van der Waals surface area contributed by atoms with E-state index in [0.717, 1.165) is 27.4 Å². The summed E-state index contributed by atoms with van der Waals surface area (Å²) in [5.41, 5.74) is 5.48. The molecule has 7 heteroatoms. The fourth-order valence-corrected chi connectivity index (χ4v) is 4.86. The van der Waals surface area contributed by atoms with Crippen molar-refractivity contribution in [3.05, 3.63) is 102 Å². The quantitative estimate of drug-likeness (QED) is 0.383. The molecule has 2 heterocycles. The summed E-state index contributed by atoms with van der Waals surface area (Å²) in [5, 5.41) is 2.93. The predicted octanol–water partition coefficient (Wildman–Crippen LogP) is 5.63. The van der Waals surface area contributed by atoms with Crippen molar-refractivity contribution in [3.8, 4) is 11.3 Å². The Morgan fingerprint density at radius 1 is 0.971 bits per heavy atom. The van der Waals surface area contributed by atoms with Gasteiger partial charge in [-0.05, 0) is 67.6 Å². The van der Waals surface area contributed by atoms with E-state index >= 15 is 0 Å². The number of anilines is 2. The van der Waals surface area contributed by atoms with Crippen molar-refractivity contribution in [2.45, 2.75) is 18.2 Å². The van der Waals surface area contributed by atoms with Crippen LogP contribution in [0.15, 0.2) is 83.9 Å². The maximum absolute atomic E-state index is 13.6. The molecule has 174 valence electrons. The van der Waals surface area contributed by atoms with Crippen molar-refractivity contribution in [1.82, 2.24) is 9.97 Å². The molecule has 0 saturated carbocycles. The van der Waals surface area contributed by atoms with Crippen molar-refractivity contribution >= 4 is 35.0 Å². The molecule has 35 heavy (non-hydrogen) atoms. The average Bonchev–Trinajstić information content (AvgIpc) is 3.05. The first kappa shape index (κ1) is 22.8. The van der Waals surface area contributed by atoms with Crippen LogP contribution < -0.4 is 10.2 Å². The predicted molar refractivity (Wildman–Crippen MR) is 140 cm³/mol. The van der Waals surface area contributed by atoms with Crippen molar-refractivity contribution < 1.29 is 9.59 Å². The Hall–Kier alpha value is -3.97. The van der Waals surface area contributed by atoms with E-state index in [4.69, 9.17) is 0 Å². The molecule has 1 aliphatic heterocycles. The van der Waals surface area contributed by atoms with Crippen LogP contribution in [0.4, 0.5) is 11.4 Å². The topological polar surface area (TPSA) is 75.2 Å². The van der Waals surface area contributed by atoms with Crippen LogP contribution in [0.1, 0.15) is 32.1 Å². The number of aromatic nitrogens is 2. The highest BCUT2D eigenvalue weighted by Crippen LogP contribution is 2.35. The van der Waals surface area contributed by atoms with Gasteiger partial charge in [-0.3, -0.25) is 9.59 Å². The normalized spacial score (nSPS) is 12.3. The number of fused-ring (bicyclic) bond motifs is 3. The molecule has 0 atom stereocenters. The first-order valence-electron chi connectivity index (χ1n) is 11.3. The van der Waals surface area contributed by atoms with Gasteiger partial charge in [-0.2, -0.15) is 0 Å². The van der Waals surface area contributed by atoms with E-state index in [0.29, 0.717) is 35.6 Å². The lowest BCUT2D eigenvalue weighted by atomic mass is 10.0. The number of hydrogen-bond acceptors (Lipinski definition) is 5. The lowest BCUT2D eigenvalue weighted by molar-refractivity contribution is 0.0986. The summed E-state index contributed by atoms with van der Waals surface area (Å²) in [4.78, 5) is 38.1. The van der Waals surface area contributed by atoms with Crippen LogP contribution in [0.2, 0.25) is 0 Å². The molecule has 1 N–H and O–H groups in total. The van der Waals surface area contributed by atoms with Gasteiger partial charge in [-0.25, -0.2) is 9.97 Å². The summed E-state index contributed by atoms with van der Waals surface area (Å²) in [6.45, 7) is 2.40. The molecule has 0 aliphatic carbocycles. The summed E-state index contributed by atoms with van der Waals surface area (Å²) in [7, 11) is 0. The lowest BCUT2D eigenvalue weighted by Crippen LogP contribution is -2.32. The van der Waals surface area contributed by atoms with E-state index in [1.807, 2.05) is 61.8 Å². The molecule has 0 bridgehead atoms. The van der Waals surface area contributed by atoms with E-state index in [-0.39, 0.29) is 11.8 Å². The fourth-order valence-electron chi connectivity index (χ4n) is 4.27. The Kier molecular flexibility index (Phi) is 6.33. The molecule has 0 unspecified atom stereocenters. The third kappa shape index (κ3) is 4.55. The Balaban J connectivity index is 1.39. The Bertz CT molecular complexity index is 1420. The number of thioether (sulfide) groups is 1. The van der Waals surface area contributed by atoms with Crippen LogP contribution >= 0.6 is 11.8 Å². The van der Waals surface area contributed by atoms with E-state index in [1.165, 1.54) is 11.8 Å². The monoisotopic (exact) mass is 480 g/mol. The lowest BCUT2D eigenvalue weighted by Gasteiger charge is -2.23. The van der Waals surface area contributed by atoms with Gasteiger partial charge in [0, 0.05) is 34.5 Å². The SMILES string of the molecule is CSc1ccccc1C(=O)Nc1ccc(C(=O)N2CCc3cnc(C)nc3-c3ccccc32)cc1. The third-order valence-electron chi connectivity index (χ3n) is 6.03. The number of rotatable bonds is 4. The molecule has 1 aliphatic rings. The molecule has 0 saturated heterocycles. The summed E-state index contributed by atoms with van der Waals surface area (Å²) in [5.74, 6) is 0.432. The van der Waals surface area contributed by atoms with Gasteiger partial charge < -0.3 is 10.2 Å². The Morgan fingerprint density at radius 2 is 1.71 bits per heavy atom. The second-order valence-corrected chi connectivity index (χ2v) is 9.09. The number of carbonyl (C=O) groups is 2. The molecular formula is C28H24N4O2S. The van der Waals surface area contributed by atoms with Crippen molar-refractivity contribution in [3.63, 3.8) is 0 Å². The zero-order chi connectivity index (χ0) is 24.4. The van der Waals surface area contributed by atoms with Gasteiger partial charge in [0.05, 0.1) is 16.9 Å².